The molecule has 1 saturated heterocycles. The van der Waals surface area contributed by atoms with Crippen molar-refractivity contribution in [3.05, 3.63) is 53.1 Å². The van der Waals surface area contributed by atoms with Crippen LogP contribution in [0.4, 0.5) is 18.9 Å². The average Bonchev–Trinajstić information content (AvgIpc) is 3.53. The van der Waals surface area contributed by atoms with E-state index in [9.17, 15) is 23.1 Å². The molecule has 42 heavy (non-hydrogen) atoms. The highest BCUT2D eigenvalue weighted by atomic mass is 19.4. The monoisotopic (exact) mass is 582 g/mol. The Hall–Kier alpha value is -2.74. The molecule has 0 radical (unpaired) electrons. The molecule has 5 nitrogen and oxygen atoms in total. The number of carbonyl (C=O) groups is 1. The highest BCUT2D eigenvalue weighted by molar-refractivity contribution is 5.91. The Morgan fingerprint density at radius 2 is 1.88 bits per heavy atom. The standard InChI is InChI=1S/C34H41F3N2O3/c35-34(36,37)28-18-24(9-13-29(28)38-31(41)5-4-16-39-14-2-1-3-15-39)42-30-20-33-19-22(33)7-12-27(33)26-10-6-21-17-23(40)8-11-25(21)32(26)30/h8-9,11,13,17-18,22,26-27,30,32,40H,1-7,10,12,14-16,19-20H2,(H,38,41)/t22?,26?,27?,30-,32+,33?/m0/s1. The molecule has 2 N–H and O–H groups in total. The molecule has 226 valence electrons. The second kappa shape index (κ2) is 10.8. The van der Waals surface area contributed by atoms with Gasteiger partial charge in [-0.05, 0) is 142 Å². The number of hydrogen-bond donors (Lipinski definition) is 2. The van der Waals surface area contributed by atoms with Crippen LogP contribution in [0.5, 0.6) is 11.5 Å². The molecule has 2 aromatic rings. The van der Waals surface area contributed by atoms with E-state index < -0.39 is 17.6 Å². The Labute approximate surface area is 245 Å². The molecule has 4 unspecified atom stereocenters. The number of phenols is 1. The maximum absolute atomic E-state index is 14.3. The van der Waals surface area contributed by atoms with Crippen molar-refractivity contribution >= 4 is 11.6 Å². The lowest BCUT2D eigenvalue weighted by Crippen LogP contribution is -2.46. The maximum Gasteiger partial charge on any atom is 0.418 e. The lowest BCUT2D eigenvalue weighted by atomic mass is 9.57. The largest absolute Gasteiger partial charge is 0.508 e. The van der Waals surface area contributed by atoms with Crippen LogP contribution in [0.25, 0.3) is 0 Å². The summed E-state index contributed by atoms with van der Waals surface area (Å²) >= 11 is 0. The second-order valence-electron chi connectivity index (χ2n) is 13.5. The Bertz CT molecular complexity index is 1340. The van der Waals surface area contributed by atoms with E-state index in [1.165, 1.54) is 37.3 Å². The normalized spacial score (nSPS) is 31.8. The number of hydrogen-bond acceptors (Lipinski definition) is 4. The molecule has 6 atom stereocenters. The summed E-state index contributed by atoms with van der Waals surface area (Å²) in [6.45, 7) is 2.85. The lowest BCUT2D eigenvalue weighted by molar-refractivity contribution is -0.137. The van der Waals surface area contributed by atoms with Crippen molar-refractivity contribution in [1.29, 1.82) is 0 Å². The van der Waals surface area contributed by atoms with Gasteiger partial charge >= 0.3 is 6.18 Å². The first-order chi connectivity index (χ1) is 20.2. The van der Waals surface area contributed by atoms with Crippen molar-refractivity contribution in [2.75, 3.05) is 25.0 Å². The number of aryl methyl sites for hydroxylation is 1. The van der Waals surface area contributed by atoms with Gasteiger partial charge in [-0.2, -0.15) is 13.2 Å². The number of nitrogens with one attached hydrogen (secondary N) is 1. The van der Waals surface area contributed by atoms with Crippen molar-refractivity contribution < 1.29 is 27.8 Å². The van der Waals surface area contributed by atoms with Gasteiger partial charge < -0.3 is 20.1 Å². The molecule has 8 heteroatoms. The van der Waals surface area contributed by atoms with Crippen LogP contribution in [0.2, 0.25) is 0 Å². The zero-order valence-electron chi connectivity index (χ0n) is 24.1. The van der Waals surface area contributed by atoms with E-state index in [4.69, 9.17) is 4.74 Å². The molecule has 1 spiro atoms. The highest BCUT2D eigenvalue weighted by Gasteiger charge is 2.68. The fourth-order valence-electron chi connectivity index (χ4n) is 9.34. The Morgan fingerprint density at radius 1 is 1.05 bits per heavy atom. The number of fused-ring (bicyclic) bond motifs is 4. The van der Waals surface area contributed by atoms with Crippen molar-refractivity contribution in [2.24, 2.45) is 23.2 Å². The third-order valence-electron chi connectivity index (χ3n) is 11.2. The van der Waals surface area contributed by atoms with Crippen LogP contribution in [-0.2, 0) is 17.4 Å². The van der Waals surface area contributed by atoms with E-state index in [-0.39, 0.29) is 41.0 Å². The molecule has 0 bridgehead atoms. The van der Waals surface area contributed by atoms with E-state index in [1.807, 2.05) is 12.1 Å². The maximum atomic E-state index is 14.3. The van der Waals surface area contributed by atoms with Crippen LogP contribution in [0.3, 0.4) is 0 Å². The van der Waals surface area contributed by atoms with Crippen molar-refractivity contribution in [2.45, 2.75) is 88.8 Å². The summed E-state index contributed by atoms with van der Waals surface area (Å²) in [5, 5.41) is 12.7. The van der Waals surface area contributed by atoms with Crippen molar-refractivity contribution in [3.8, 4) is 11.5 Å². The molecule has 4 fully saturated rings. The number of alkyl halides is 3. The third-order valence-corrected chi connectivity index (χ3v) is 11.2. The van der Waals surface area contributed by atoms with Gasteiger partial charge in [0.2, 0.25) is 5.91 Å². The number of piperidine rings is 1. The van der Waals surface area contributed by atoms with Crippen LogP contribution in [0.15, 0.2) is 36.4 Å². The molecule has 1 amide bonds. The summed E-state index contributed by atoms with van der Waals surface area (Å²) in [7, 11) is 0. The number of halogens is 3. The lowest BCUT2D eigenvalue weighted by Gasteiger charge is -2.49. The Kier molecular flexibility index (Phi) is 7.19. The van der Waals surface area contributed by atoms with Gasteiger partial charge in [-0.25, -0.2) is 0 Å². The predicted octanol–water partition coefficient (Wildman–Crippen LogP) is 7.53. The van der Waals surface area contributed by atoms with Gasteiger partial charge in [0.25, 0.3) is 0 Å². The van der Waals surface area contributed by atoms with Crippen molar-refractivity contribution in [3.63, 3.8) is 0 Å². The first-order valence-electron chi connectivity index (χ1n) is 15.9. The van der Waals surface area contributed by atoms with Gasteiger partial charge in [0.1, 0.15) is 17.6 Å². The number of amides is 1. The molecule has 2 aromatic carbocycles. The molecule has 1 heterocycles. The van der Waals surface area contributed by atoms with Gasteiger partial charge in [-0.3, -0.25) is 4.79 Å². The van der Waals surface area contributed by atoms with Crippen LogP contribution in [0, 0.1) is 23.2 Å². The van der Waals surface area contributed by atoms with E-state index in [0.29, 0.717) is 24.2 Å². The summed E-state index contributed by atoms with van der Waals surface area (Å²) in [5.41, 5.74) is 1.49. The van der Waals surface area contributed by atoms with E-state index in [1.54, 1.807) is 12.1 Å². The number of rotatable bonds is 7. The zero-order chi connectivity index (χ0) is 29.1. The van der Waals surface area contributed by atoms with E-state index in [2.05, 4.69) is 10.2 Å². The van der Waals surface area contributed by atoms with Gasteiger partial charge in [0, 0.05) is 12.3 Å². The van der Waals surface area contributed by atoms with Gasteiger partial charge in [0.05, 0.1) is 11.3 Å². The molecule has 5 aliphatic rings. The van der Waals surface area contributed by atoms with Crippen LogP contribution < -0.4 is 10.1 Å². The van der Waals surface area contributed by atoms with Crippen molar-refractivity contribution in [1.82, 2.24) is 4.90 Å². The highest BCUT2D eigenvalue weighted by Crippen LogP contribution is 2.75. The smallest absolute Gasteiger partial charge is 0.418 e. The number of carbonyl (C=O) groups excluding carboxylic acids is 1. The first-order valence-corrected chi connectivity index (χ1v) is 15.9. The quantitative estimate of drug-likeness (QED) is 0.354. The summed E-state index contributed by atoms with van der Waals surface area (Å²) in [5.74, 6) is 1.96. The van der Waals surface area contributed by atoms with Crippen LogP contribution in [0.1, 0.15) is 86.8 Å². The molecule has 1 aliphatic heterocycles. The minimum Gasteiger partial charge on any atom is -0.508 e. The minimum atomic E-state index is -4.63. The average molecular weight is 583 g/mol. The number of phenolic OH excluding ortho intramolecular Hbond substituents is 1. The molecule has 4 aliphatic carbocycles. The SMILES string of the molecule is O=C(CCCN1CCCCC1)Nc1ccc(O[C@H]2CC34CC3CCC4C3CCc4cc(O)ccc4[C@H]32)cc1C(F)(F)F. The fraction of sp³-hybridized carbons (Fsp3) is 0.618. The number of nitrogens with zero attached hydrogens (tertiary/aromatic N) is 1. The minimum absolute atomic E-state index is 0.0953. The second-order valence-corrected chi connectivity index (χ2v) is 13.5. The number of anilines is 1. The van der Waals surface area contributed by atoms with E-state index >= 15 is 0 Å². The van der Waals surface area contributed by atoms with Gasteiger partial charge in [-0.15, -0.1) is 0 Å². The van der Waals surface area contributed by atoms with Gasteiger partial charge in [0.15, 0.2) is 0 Å². The van der Waals surface area contributed by atoms with Crippen LogP contribution in [-0.4, -0.2) is 41.7 Å². The Morgan fingerprint density at radius 3 is 2.67 bits per heavy atom. The zero-order valence-corrected chi connectivity index (χ0v) is 24.1. The fourth-order valence-corrected chi connectivity index (χ4v) is 9.34. The molecular formula is C34H41F3N2O3. The summed E-state index contributed by atoms with van der Waals surface area (Å²) in [6, 6.07) is 9.57. The third kappa shape index (κ3) is 5.18. The van der Waals surface area contributed by atoms with E-state index in [0.717, 1.165) is 63.4 Å². The predicted molar refractivity (Wildman–Crippen MR) is 155 cm³/mol. The first kappa shape index (κ1) is 28.1. The Balaban J connectivity index is 1.10. The number of ether oxygens (including phenoxy) is 1. The van der Waals surface area contributed by atoms with Gasteiger partial charge in [-0.1, -0.05) is 12.5 Å². The number of benzene rings is 2. The number of aromatic hydroxyl groups is 1. The summed E-state index contributed by atoms with van der Waals surface area (Å²) in [6.07, 6.45) is 6.01. The molecule has 0 aromatic heterocycles. The molecule has 7 rings (SSSR count). The molecule has 3 saturated carbocycles. The summed E-state index contributed by atoms with van der Waals surface area (Å²) < 4.78 is 49.3. The van der Waals surface area contributed by atoms with Crippen LogP contribution >= 0.6 is 0 Å². The topological polar surface area (TPSA) is 61.8 Å². The summed E-state index contributed by atoms with van der Waals surface area (Å²) in [4.78, 5) is 15.0. The molecular weight excluding hydrogens is 541 g/mol. The number of likely N-dealkylation sites (tertiary alicyclic amines) is 1.